The maximum absolute atomic E-state index is 10.1. The molecule has 14 heavy (non-hydrogen) atoms. The monoisotopic (exact) mass is 185 g/mol. The molecule has 2 nitrogen and oxygen atoms in total. The summed E-state index contributed by atoms with van der Waals surface area (Å²) in [6.45, 7) is 0. The van der Waals surface area contributed by atoms with Gasteiger partial charge in [-0.1, -0.05) is 18.2 Å². The summed E-state index contributed by atoms with van der Waals surface area (Å²) >= 11 is 0. The van der Waals surface area contributed by atoms with Crippen LogP contribution in [0.25, 0.3) is 10.9 Å². The zero-order chi connectivity index (χ0) is 9.60. The van der Waals surface area contributed by atoms with Crippen molar-refractivity contribution in [3.8, 4) is 0 Å². The summed E-state index contributed by atoms with van der Waals surface area (Å²) in [6.07, 6.45) is 3.53. The second-order valence-corrected chi connectivity index (χ2v) is 3.91. The molecule has 0 amide bonds. The first-order chi connectivity index (χ1) is 6.80. The summed E-state index contributed by atoms with van der Waals surface area (Å²) in [6, 6.07) is 9.87. The Labute approximate surface area is 82.2 Å². The molecule has 0 spiro atoms. The van der Waals surface area contributed by atoms with Crippen LogP contribution in [0.4, 0.5) is 0 Å². The molecule has 1 fully saturated rings. The van der Waals surface area contributed by atoms with Gasteiger partial charge in [-0.2, -0.15) is 0 Å². The maximum atomic E-state index is 10.1. The Morgan fingerprint density at radius 3 is 2.79 bits per heavy atom. The molecule has 0 atom stereocenters. The molecule has 2 heteroatoms. The Morgan fingerprint density at radius 2 is 2.00 bits per heavy atom. The lowest BCUT2D eigenvalue weighted by Gasteiger charge is -2.10. The molecule has 1 heterocycles. The second kappa shape index (κ2) is 2.55. The fourth-order valence-electron chi connectivity index (χ4n) is 1.90. The highest BCUT2D eigenvalue weighted by atomic mass is 16.3. The van der Waals surface area contributed by atoms with Gasteiger partial charge in [-0.05, 0) is 30.5 Å². The Hall–Kier alpha value is -1.41. The first-order valence-corrected chi connectivity index (χ1v) is 4.86. The SMILES string of the molecule is OC1(c2cccc3ncccc23)CC1. The molecule has 0 aliphatic heterocycles. The van der Waals surface area contributed by atoms with Crippen LogP contribution in [0.1, 0.15) is 18.4 Å². The number of benzene rings is 1. The number of fused-ring (bicyclic) bond motifs is 1. The Bertz CT molecular complexity index is 483. The fraction of sp³-hybridized carbons (Fsp3) is 0.250. The minimum Gasteiger partial charge on any atom is -0.385 e. The van der Waals surface area contributed by atoms with Crippen molar-refractivity contribution in [2.24, 2.45) is 0 Å². The predicted octanol–water partition coefficient (Wildman–Crippen LogP) is 2.22. The van der Waals surface area contributed by atoms with Crippen LogP contribution >= 0.6 is 0 Å². The molecular formula is C12H11NO. The summed E-state index contributed by atoms with van der Waals surface area (Å²) < 4.78 is 0. The van der Waals surface area contributed by atoms with E-state index >= 15 is 0 Å². The van der Waals surface area contributed by atoms with Gasteiger partial charge in [0.1, 0.15) is 0 Å². The molecule has 0 bridgehead atoms. The zero-order valence-electron chi connectivity index (χ0n) is 7.77. The van der Waals surface area contributed by atoms with Crippen molar-refractivity contribution in [2.45, 2.75) is 18.4 Å². The maximum Gasteiger partial charge on any atom is 0.0905 e. The van der Waals surface area contributed by atoms with E-state index in [0.29, 0.717) is 0 Å². The average molecular weight is 185 g/mol. The van der Waals surface area contributed by atoms with E-state index in [1.54, 1.807) is 6.20 Å². The normalized spacial score (nSPS) is 18.4. The van der Waals surface area contributed by atoms with Gasteiger partial charge in [0.25, 0.3) is 0 Å². The molecular weight excluding hydrogens is 174 g/mol. The van der Waals surface area contributed by atoms with Gasteiger partial charge in [0, 0.05) is 11.6 Å². The molecule has 70 valence electrons. The minimum atomic E-state index is -0.567. The van der Waals surface area contributed by atoms with Gasteiger partial charge in [0.15, 0.2) is 0 Å². The third-order valence-electron chi connectivity index (χ3n) is 2.87. The highest BCUT2D eigenvalue weighted by molar-refractivity contribution is 5.83. The summed E-state index contributed by atoms with van der Waals surface area (Å²) in [5.74, 6) is 0. The van der Waals surface area contributed by atoms with E-state index in [4.69, 9.17) is 0 Å². The summed E-state index contributed by atoms with van der Waals surface area (Å²) in [5.41, 5.74) is 1.43. The lowest BCUT2D eigenvalue weighted by Crippen LogP contribution is -2.04. The van der Waals surface area contributed by atoms with E-state index in [-0.39, 0.29) is 0 Å². The van der Waals surface area contributed by atoms with Crippen molar-refractivity contribution in [1.82, 2.24) is 4.98 Å². The van der Waals surface area contributed by atoms with E-state index in [9.17, 15) is 5.11 Å². The fourth-order valence-corrected chi connectivity index (χ4v) is 1.90. The van der Waals surface area contributed by atoms with Crippen molar-refractivity contribution in [2.75, 3.05) is 0 Å². The van der Waals surface area contributed by atoms with Gasteiger partial charge in [-0.15, -0.1) is 0 Å². The quantitative estimate of drug-likeness (QED) is 0.739. The highest BCUT2D eigenvalue weighted by Crippen LogP contribution is 2.47. The summed E-state index contributed by atoms with van der Waals surface area (Å²) in [5, 5.41) is 11.1. The van der Waals surface area contributed by atoms with Crippen molar-refractivity contribution >= 4 is 10.9 Å². The number of aliphatic hydroxyl groups is 1. The lowest BCUT2D eigenvalue weighted by molar-refractivity contribution is 0.153. The van der Waals surface area contributed by atoms with Gasteiger partial charge < -0.3 is 5.11 Å². The number of rotatable bonds is 1. The molecule has 1 aliphatic rings. The average Bonchev–Trinajstić information content (AvgIpc) is 2.97. The van der Waals surface area contributed by atoms with E-state index in [1.807, 2.05) is 30.3 Å². The minimum absolute atomic E-state index is 0.567. The molecule has 1 aromatic heterocycles. The molecule has 0 saturated heterocycles. The number of nitrogens with zero attached hydrogens (tertiary/aromatic N) is 1. The van der Waals surface area contributed by atoms with Crippen molar-refractivity contribution < 1.29 is 5.11 Å². The van der Waals surface area contributed by atoms with Crippen LogP contribution in [0.2, 0.25) is 0 Å². The third-order valence-corrected chi connectivity index (χ3v) is 2.87. The third kappa shape index (κ3) is 1.04. The van der Waals surface area contributed by atoms with E-state index < -0.39 is 5.60 Å². The zero-order valence-corrected chi connectivity index (χ0v) is 7.77. The van der Waals surface area contributed by atoms with Gasteiger partial charge in [-0.25, -0.2) is 0 Å². The topological polar surface area (TPSA) is 33.1 Å². The van der Waals surface area contributed by atoms with Crippen molar-refractivity contribution in [1.29, 1.82) is 0 Å². The van der Waals surface area contributed by atoms with Crippen LogP contribution in [-0.2, 0) is 5.60 Å². The Kier molecular flexibility index (Phi) is 1.45. The molecule has 3 rings (SSSR count). The van der Waals surface area contributed by atoms with Gasteiger partial charge >= 0.3 is 0 Å². The van der Waals surface area contributed by atoms with Crippen LogP contribution in [0.15, 0.2) is 36.5 Å². The predicted molar refractivity (Wildman–Crippen MR) is 54.9 cm³/mol. The molecule has 0 radical (unpaired) electrons. The Morgan fingerprint density at radius 1 is 1.14 bits per heavy atom. The summed E-state index contributed by atoms with van der Waals surface area (Å²) in [7, 11) is 0. The smallest absolute Gasteiger partial charge is 0.0905 e. The van der Waals surface area contributed by atoms with Gasteiger partial charge in [0.05, 0.1) is 11.1 Å². The van der Waals surface area contributed by atoms with Crippen LogP contribution < -0.4 is 0 Å². The second-order valence-electron chi connectivity index (χ2n) is 3.91. The molecule has 1 N–H and O–H groups in total. The van der Waals surface area contributed by atoms with Gasteiger partial charge in [0.2, 0.25) is 0 Å². The largest absolute Gasteiger partial charge is 0.385 e. The first-order valence-electron chi connectivity index (χ1n) is 4.86. The molecule has 1 aromatic carbocycles. The van der Waals surface area contributed by atoms with E-state index in [0.717, 1.165) is 29.3 Å². The van der Waals surface area contributed by atoms with E-state index in [1.165, 1.54) is 0 Å². The molecule has 0 unspecified atom stereocenters. The van der Waals surface area contributed by atoms with Crippen molar-refractivity contribution in [3.63, 3.8) is 0 Å². The highest BCUT2D eigenvalue weighted by Gasteiger charge is 2.43. The summed E-state index contributed by atoms with van der Waals surface area (Å²) in [4.78, 5) is 4.27. The Balaban J connectivity index is 2.33. The number of pyridine rings is 1. The first kappa shape index (κ1) is 7.94. The van der Waals surface area contributed by atoms with E-state index in [2.05, 4.69) is 4.98 Å². The number of hydrogen-bond acceptors (Lipinski definition) is 2. The van der Waals surface area contributed by atoms with Crippen LogP contribution in [-0.4, -0.2) is 10.1 Å². The van der Waals surface area contributed by atoms with Gasteiger partial charge in [-0.3, -0.25) is 4.98 Å². The van der Waals surface area contributed by atoms with Crippen LogP contribution in [0, 0.1) is 0 Å². The standard InChI is InChI=1S/C12H11NO/c14-12(6-7-12)10-4-1-5-11-9(10)3-2-8-13-11/h1-5,8,14H,6-7H2. The van der Waals surface area contributed by atoms with Crippen LogP contribution in [0.5, 0.6) is 0 Å². The molecule has 1 aliphatic carbocycles. The molecule has 2 aromatic rings. The lowest BCUT2D eigenvalue weighted by atomic mass is 10.0. The number of aromatic nitrogens is 1. The molecule has 1 saturated carbocycles. The van der Waals surface area contributed by atoms with Crippen molar-refractivity contribution in [3.05, 3.63) is 42.1 Å². The number of hydrogen-bond donors (Lipinski definition) is 1. The van der Waals surface area contributed by atoms with Crippen LogP contribution in [0.3, 0.4) is 0 Å².